The van der Waals surface area contributed by atoms with Gasteiger partial charge in [-0.25, -0.2) is 0 Å². The van der Waals surface area contributed by atoms with Crippen LogP contribution in [-0.2, 0) is 0 Å². The van der Waals surface area contributed by atoms with Crippen LogP contribution in [0.3, 0.4) is 0 Å². The van der Waals surface area contributed by atoms with E-state index >= 15 is 0 Å². The molecule has 1 fully saturated rings. The molecule has 0 saturated carbocycles. The topological polar surface area (TPSA) is 37.4 Å². The fraction of sp³-hybridized carbons (Fsp3) is 0.300. The summed E-state index contributed by atoms with van der Waals surface area (Å²) in [5.74, 6) is -0.249. The zero-order valence-electron chi connectivity index (χ0n) is 13.5. The number of alkyl halides is 1. The molecule has 0 radical (unpaired) electrons. The fourth-order valence-corrected chi connectivity index (χ4v) is 3.07. The summed E-state index contributed by atoms with van der Waals surface area (Å²) in [7, 11) is 0. The molecule has 1 amide bonds. The molecule has 1 heterocycles. The molecule has 4 heteroatoms. The molecule has 0 N–H and O–H groups in total. The van der Waals surface area contributed by atoms with Gasteiger partial charge < -0.3 is 4.90 Å². The highest BCUT2D eigenvalue weighted by atomic mass is 19.1. The zero-order valence-corrected chi connectivity index (χ0v) is 13.5. The number of halogens is 1. The van der Waals surface area contributed by atoms with Gasteiger partial charge in [0, 0.05) is 24.2 Å². The van der Waals surface area contributed by atoms with Gasteiger partial charge in [-0.1, -0.05) is 48.5 Å². The van der Waals surface area contributed by atoms with Crippen molar-refractivity contribution in [2.45, 2.75) is 12.8 Å². The zero-order chi connectivity index (χ0) is 16.9. The van der Waals surface area contributed by atoms with Crippen LogP contribution < -0.4 is 0 Å². The molecule has 0 bridgehead atoms. The van der Waals surface area contributed by atoms with Gasteiger partial charge in [0.1, 0.15) is 0 Å². The van der Waals surface area contributed by atoms with Crippen LogP contribution >= 0.6 is 0 Å². The molecule has 1 aliphatic heterocycles. The molecule has 1 saturated heterocycles. The van der Waals surface area contributed by atoms with E-state index in [-0.39, 0.29) is 24.3 Å². The first-order valence-electron chi connectivity index (χ1n) is 8.24. The van der Waals surface area contributed by atoms with Crippen LogP contribution in [0, 0.1) is 5.92 Å². The van der Waals surface area contributed by atoms with Crippen LogP contribution in [-0.4, -0.2) is 36.4 Å². The van der Waals surface area contributed by atoms with Crippen LogP contribution in [0.15, 0.2) is 54.6 Å². The first kappa shape index (κ1) is 16.4. The van der Waals surface area contributed by atoms with E-state index in [9.17, 15) is 14.0 Å². The lowest BCUT2D eigenvalue weighted by Crippen LogP contribution is -2.39. The quantitative estimate of drug-likeness (QED) is 0.803. The minimum absolute atomic E-state index is 0.0512. The second-order valence-corrected chi connectivity index (χ2v) is 6.13. The lowest BCUT2D eigenvalue weighted by molar-refractivity contribution is 0.0674. The number of nitrogens with zero attached hydrogens (tertiary/aromatic N) is 1. The summed E-state index contributed by atoms with van der Waals surface area (Å²) in [6.45, 7) is 0.758. The molecule has 0 spiro atoms. The lowest BCUT2D eigenvalue weighted by Gasteiger charge is -2.31. The molecule has 0 aromatic heterocycles. The van der Waals surface area contributed by atoms with Gasteiger partial charge in [0.25, 0.3) is 5.91 Å². The fourth-order valence-electron chi connectivity index (χ4n) is 3.07. The number of benzene rings is 2. The Labute approximate surface area is 141 Å². The van der Waals surface area contributed by atoms with E-state index in [0.717, 1.165) is 0 Å². The summed E-state index contributed by atoms with van der Waals surface area (Å²) in [4.78, 5) is 27.3. The van der Waals surface area contributed by atoms with Crippen molar-refractivity contribution in [3.05, 3.63) is 71.3 Å². The van der Waals surface area contributed by atoms with Crippen molar-refractivity contribution in [3.63, 3.8) is 0 Å². The van der Waals surface area contributed by atoms with Crippen molar-refractivity contribution in [3.8, 4) is 0 Å². The Morgan fingerprint density at radius 2 is 1.50 bits per heavy atom. The minimum atomic E-state index is -0.328. The van der Waals surface area contributed by atoms with E-state index in [1.807, 2.05) is 6.07 Å². The average molecular weight is 325 g/mol. The number of carbonyl (C=O) groups is 2. The highest BCUT2D eigenvalue weighted by molar-refractivity contribution is 6.15. The number of piperidine rings is 1. The number of amides is 1. The summed E-state index contributed by atoms with van der Waals surface area (Å²) < 4.78 is 12.7. The maximum absolute atomic E-state index is 12.8. The highest BCUT2D eigenvalue weighted by Crippen LogP contribution is 2.22. The Morgan fingerprint density at radius 3 is 2.12 bits per heavy atom. The van der Waals surface area contributed by atoms with Gasteiger partial charge in [-0.3, -0.25) is 14.0 Å². The van der Waals surface area contributed by atoms with Gasteiger partial charge in [0.15, 0.2) is 5.78 Å². The predicted octanol–water partition coefficient (Wildman–Crippen LogP) is 3.74. The lowest BCUT2D eigenvalue weighted by atomic mass is 9.95. The number of likely N-dealkylation sites (tertiary alicyclic amines) is 1. The van der Waals surface area contributed by atoms with Gasteiger partial charge in [0.2, 0.25) is 0 Å². The number of rotatable bonds is 4. The van der Waals surface area contributed by atoms with Gasteiger partial charge in [0.05, 0.1) is 12.2 Å². The van der Waals surface area contributed by atoms with Crippen molar-refractivity contribution in [1.82, 2.24) is 4.90 Å². The molecule has 3 rings (SSSR count). The first-order chi connectivity index (χ1) is 11.7. The molecule has 2 aromatic rings. The number of hydrogen-bond donors (Lipinski definition) is 0. The Hall–Kier alpha value is -2.49. The van der Waals surface area contributed by atoms with Crippen molar-refractivity contribution < 1.29 is 14.0 Å². The molecule has 3 nitrogen and oxygen atoms in total. The van der Waals surface area contributed by atoms with Crippen LogP contribution in [0.25, 0.3) is 0 Å². The Bertz CT molecular complexity index is 721. The molecule has 0 unspecified atom stereocenters. The molecular formula is C20H20FNO2. The van der Waals surface area contributed by atoms with Crippen molar-refractivity contribution in [2.24, 2.45) is 5.92 Å². The van der Waals surface area contributed by atoms with Crippen LogP contribution in [0.1, 0.15) is 39.1 Å². The monoisotopic (exact) mass is 325 g/mol. The van der Waals surface area contributed by atoms with Gasteiger partial charge in [-0.15, -0.1) is 0 Å². The maximum atomic E-state index is 12.8. The molecule has 24 heavy (non-hydrogen) atoms. The smallest absolute Gasteiger partial charge is 0.254 e. The van der Waals surface area contributed by atoms with E-state index in [2.05, 4.69) is 0 Å². The highest BCUT2D eigenvalue weighted by Gasteiger charge is 2.26. The third kappa shape index (κ3) is 3.37. The van der Waals surface area contributed by atoms with Gasteiger partial charge in [-0.05, 0) is 24.8 Å². The maximum Gasteiger partial charge on any atom is 0.254 e. The number of carbonyl (C=O) groups excluding carboxylic acids is 2. The summed E-state index contributed by atoms with van der Waals surface area (Å²) in [6.07, 6.45) is 1.36. The summed E-state index contributed by atoms with van der Waals surface area (Å²) in [5.41, 5.74) is 1.40. The summed E-state index contributed by atoms with van der Waals surface area (Å²) >= 11 is 0. The number of ketones is 1. The molecule has 0 atom stereocenters. The molecule has 124 valence electrons. The van der Waals surface area contributed by atoms with Crippen LogP contribution in [0.2, 0.25) is 0 Å². The Balaban J connectivity index is 1.84. The van der Waals surface area contributed by atoms with E-state index < -0.39 is 0 Å². The third-order valence-electron chi connectivity index (χ3n) is 4.56. The SMILES string of the molecule is O=C(c1ccccc1)c1ccccc1C(=O)N1CCC(CF)CC1. The molecule has 2 aromatic carbocycles. The second-order valence-electron chi connectivity index (χ2n) is 6.13. The standard InChI is InChI=1S/C20H20FNO2/c21-14-15-10-12-22(13-11-15)20(24)18-9-5-4-8-17(18)19(23)16-6-2-1-3-7-16/h1-9,15H,10-14H2. The van der Waals surface area contributed by atoms with Crippen molar-refractivity contribution in [1.29, 1.82) is 0 Å². The van der Waals surface area contributed by atoms with E-state index in [1.165, 1.54) is 0 Å². The van der Waals surface area contributed by atoms with Crippen molar-refractivity contribution >= 4 is 11.7 Å². The molecule has 1 aliphatic rings. The average Bonchev–Trinajstić information content (AvgIpc) is 2.67. The molecular weight excluding hydrogens is 305 g/mol. The third-order valence-corrected chi connectivity index (χ3v) is 4.56. The normalized spacial score (nSPS) is 15.3. The number of hydrogen-bond acceptors (Lipinski definition) is 2. The predicted molar refractivity (Wildman–Crippen MR) is 90.9 cm³/mol. The minimum Gasteiger partial charge on any atom is -0.339 e. The Kier molecular flexibility index (Phi) is 5.04. The van der Waals surface area contributed by atoms with Crippen LogP contribution in [0.4, 0.5) is 4.39 Å². The van der Waals surface area contributed by atoms with E-state index in [4.69, 9.17) is 0 Å². The van der Waals surface area contributed by atoms with Gasteiger partial charge >= 0.3 is 0 Å². The summed E-state index contributed by atoms with van der Waals surface area (Å²) in [6, 6.07) is 15.9. The molecule has 0 aliphatic carbocycles. The van der Waals surface area contributed by atoms with Gasteiger partial charge in [-0.2, -0.15) is 0 Å². The first-order valence-corrected chi connectivity index (χ1v) is 8.24. The Morgan fingerprint density at radius 1 is 0.917 bits per heavy atom. The van der Waals surface area contributed by atoms with Crippen LogP contribution in [0.5, 0.6) is 0 Å². The summed E-state index contributed by atoms with van der Waals surface area (Å²) in [5, 5.41) is 0. The largest absolute Gasteiger partial charge is 0.339 e. The van der Waals surface area contributed by atoms with E-state index in [0.29, 0.717) is 42.6 Å². The van der Waals surface area contributed by atoms with Crippen molar-refractivity contribution in [2.75, 3.05) is 19.8 Å². The van der Waals surface area contributed by atoms with E-state index in [1.54, 1.807) is 53.4 Å². The second kappa shape index (κ2) is 7.39.